The fourth-order valence-corrected chi connectivity index (χ4v) is 2.61. The van der Waals surface area contributed by atoms with Crippen LogP contribution in [-0.2, 0) is 6.54 Å². The molecule has 20 heavy (non-hydrogen) atoms. The molecule has 2 nitrogen and oxygen atoms in total. The van der Waals surface area contributed by atoms with Gasteiger partial charge in [-0.3, -0.25) is 4.79 Å². The number of carbonyl (C=O) groups excluding carboxylic acids is 1. The van der Waals surface area contributed by atoms with Crippen LogP contribution in [0.4, 0.5) is 0 Å². The van der Waals surface area contributed by atoms with Crippen LogP contribution >= 0.6 is 0 Å². The molecule has 0 radical (unpaired) electrons. The van der Waals surface area contributed by atoms with Gasteiger partial charge in [0, 0.05) is 29.3 Å². The molecule has 0 saturated heterocycles. The van der Waals surface area contributed by atoms with Crippen LogP contribution < -0.4 is 0 Å². The standard InChI is InChI=1S/C18H17NO/c1-13-5-4-6-14(9-13)7-8-15-10-16-17(20)18(2,3)12-19(16)11-15/h4-6,9-11H,12H2,1-3H3. The molecule has 2 aromatic rings. The summed E-state index contributed by atoms with van der Waals surface area (Å²) in [7, 11) is 0. The molecule has 1 aromatic heterocycles. The van der Waals surface area contributed by atoms with E-state index in [2.05, 4.69) is 30.9 Å². The van der Waals surface area contributed by atoms with Crippen molar-refractivity contribution in [3.63, 3.8) is 0 Å². The molecule has 0 atom stereocenters. The first-order chi connectivity index (χ1) is 9.45. The minimum Gasteiger partial charge on any atom is -0.343 e. The summed E-state index contributed by atoms with van der Waals surface area (Å²) < 4.78 is 2.02. The van der Waals surface area contributed by atoms with Crippen LogP contribution in [0.1, 0.15) is 41.0 Å². The second-order valence-electron chi connectivity index (χ2n) is 6.07. The summed E-state index contributed by atoms with van der Waals surface area (Å²) in [5.74, 6) is 6.50. The number of benzene rings is 1. The Morgan fingerprint density at radius 1 is 1.15 bits per heavy atom. The third-order valence-corrected chi connectivity index (χ3v) is 3.68. The van der Waals surface area contributed by atoms with E-state index in [0.29, 0.717) is 0 Å². The number of rotatable bonds is 0. The lowest BCUT2D eigenvalue weighted by molar-refractivity contribution is 0.0860. The Morgan fingerprint density at radius 3 is 2.60 bits per heavy atom. The third kappa shape index (κ3) is 2.16. The van der Waals surface area contributed by atoms with Crippen LogP contribution in [0.15, 0.2) is 36.5 Å². The Labute approximate surface area is 119 Å². The number of aromatic nitrogens is 1. The Morgan fingerprint density at radius 2 is 1.90 bits per heavy atom. The Kier molecular flexibility index (Phi) is 2.79. The first-order valence-electron chi connectivity index (χ1n) is 6.79. The number of Topliss-reactive ketones (excluding diaryl/α,β-unsaturated/α-hetero) is 1. The maximum absolute atomic E-state index is 12.2. The first-order valence-corrected chi connectivity index (χ1v) is 6.79. The first kappa shape index (κ1) is 12.7. The van der Waals surface area contributed by atoms with Gasteiger partial charge in [0.15, 0.2) is 5.78 Å². The van der Waals surface area contributed by atoms with Crippen molar-refractivity contribution >= 4 is 5.78 Å². The molecule has 0 saturated carbocycles. The highest BCUT2D eigenvalue weighted by Crippen LogP contribution is 2.32. The molecular weight excluding hydrogens is 246 g/mol. The Hall–Kier alpha value is -2.27. The van der Waals surface area contributed by atoms with E-state index in [1.54, 1.807) is 0 Å². The van der Waals surface area contributed by atoms with E-state index in [0.717, 1.165) is 23.4 Å². The molecule has 2 heteroatoms. The molecule has 0 fully saturated rings. The van der Waals surface area contributed by atoms with E-state index in [-0.39, 0.29) is 11.2 Å². The monoisotopic (exact) mass is 263 g/mol. The molecule has 0 amide bonds. The van der Waals surface area contributed by atoms with E-state index in [1.165, 1.54) is 5.56 Å². The van der Waals surface area contributed by atoms with Crippen LogP contribution in [0.5, 0.6) is 0 Å². The van der Waals surface area contributed by atoms with Gasteiger partial charge in [-0.05, 0) is 30.7 Å². The number of hydrogen-bond acceptors (Lipinski definition) is 1. The van der Waals surface area contributed by atoms with E-state index in [1.807, 2.05) is 42.8 Å². The van der Waals surface area contributed by atoms with Gasteiger partial charge in [0.05, 0.1) is 5.69 Å². The van der Waals surface area contributed by atoms with Gasteiger partial charge >= 0.3 is 0 Å². The summed E-state index contributed by atoms with van der Waals surface area (Å²) in [6, 6.07) is 10.0. The van der Waals surface area contributed by atoms with Crippen molar-refractivity contribution in [3.8, 4) is 11.8 Å². The lowest BCUT2D eigenvalue weighted by Gasteiger charge is -2.12. The predicted octanol–water partition coefficient (Wildman–Crippen LogP) is 3.42. The minimum absolute atomic E-state index is 0.209. The molecular formula is C18H17NO. The minimum atomic E-state index is -0.280. The summed E-state index contributed by atoms with van der Waals surface area (Å²) >= 11 is 0. The Balaban J connectivity index is 1.90. The lowest BCUT2D eigenvalue weighted by atomic mass is 9.89. The maximum atomic E-state index is 12.2. The van der Waals surface area contributed by atoms with Gasteiger partial charge in [-0.1, -0.05) is 37.8 Å². The number of fused-ring (bicyclic) bond motifs is 1. The van der Waals surface area contributed by atoms with Gasteiger partial charge in [0.1, 0.15) is 0 Å². The average Bonchev–Trinajstić information content (AvgIpc) is 2.85. The quantitative estimate of drug-likeness (QED) is 0.668. The molecule has 3 rings (SSSR count). The zero-order valence-electron chi connectivity index (χ0n) is 12.0. The molecule has 1 aliphatic heterocycles. The van der Waals surface area contributed by atoms with Gasteiger partial charge in [-0.15, -0.1) is 0 Å². The van der Waals surface area contributed by atoms with Crippen LogP contribution in [0.3, 0.4) is 0 Å². The summed E-state index contributed by atoms with van der Waals surface area (Å²) in [5.41, 5.74) is 3.61. The van der Waals surface area contributed by atoms with Crippen LogP contribution in [0.2, 0.25) is 0 Å². The zero-order valence-corrected chi connectivity index (χ0v) is 12.0. The fraction of sp³-hybridized carbons (Fsp3) is 0.278. The molecule has 1 aliphatic rings. The molecule has 0 spiro atoms. The number of hydrogen-bond donors (Lipinski definition) is 0. The van der Waals surface area contributed by atoms with Crippen molar-refractivity contribution in [2.45, 2.75) is 27.3 Å². The van der Waals surface area contributed by atoms with Gasteiger partial charge in [-0.25, -0.2) is 0 Å². The van der Waals surface area contributed by atoms with Crippen LogP contribution in [-0.4, -0.2) is 10.4 Å². The normalized spacial score (nSPS) is 15.7. The molecule has 0 N–H and O–H groups in total. The van der Waals surface area contributed by atoms with Gasteiger partial charge in [-0.2, -0.15) is 0 Å². The van der Waals surface area contributed by atoms with E-state index in [9.17, 15) is 4.79 Å². The highest BCUT2D eigenvalue weighted by molar-refractivity contribution is 6.01. The largest absolute Gasteiger partial charge is 0.343 e. The zero-order chi connectivity index (χ0) is 14.3. The molecule has 0 unspecified atom stereocenters. The smallest absolute Gasteiger partial charge is 0.186 e. The molecule has 100 valence electrons. The van der Waals surface area contributed by atoms with Crippen LogP contribution in [0, 0.1) is 24.2 Å². The third-order valence-electron chi connectivity index (χ3n) is 3.68. The molecule has 1 aromatic carbocycles. The predicted molar refractivity (Wildman–Crippen MR) is 79.7 cm³/mol. The van der Waals surface area contributed by atoms with E-state index >= 15 is 0 Å². The Bertz CT molecular complexity index is 753. The summed E-state index contributed by atoms with van der Waals surface area (Å²) in [4.78, 5) is 12.2. The molecule has 2 heterocycles. The van der Waals surface area contributed by atoms with Gasteiger partial charge < -0.3 is 4.57 Å². The fourth-order valence-electron chi connectivity index (χ4n) is 2.61. The topological polar surface area (TPSA) is 22.0 Å². The van der Waals surface area contributed by atoms with Crippen molar-refractivity contribution < 1.29 is 4.79 Å². The maximum Gasteiger partial charge on any atom is 0.186 e. The molecule has 0 bridgehead atoms. The lowest BCUT2D eigenvalue weighted by Crippen LogP contribution is -2.19. The SMILES string of the molecule is Cc1cccc(C#Cc2cc3n(c2)CC(C)(C)C3=O)c1. The number of carbonyl (C=O) groups is 1. The summed E-state index contributed by atoms with van der Waals surface area (Å²) in [6.07, 6.45) is 1.98. The second kappa shape index (κ2) is 4.38. The van der Waals surface area contributed by atoms with Crippen molar-refractivity contribution in [2.75, 3.05) is 0 Å². The van der Waals surface area contributed by atoms with Crippen molar-refractivity contribution in [1.82, 2.24) is 4.57 Å². The number of ketones is 1. The highest BCUT2D eigenvalue weighted by atomic mass is 16.1. The van der Waals surface area contributed by atoms with Crippen molar-refractivity contribution in [1.29, 1.82) is 0 Å². The summed E-state index contributed by atoms with van der Waals surface area (Å²) in [6.45, 7) is 6.77. The highest BCUT2D eigenvalue weighted by Gasteiger charge is 2.37. The van der Waals surface area contributed by atoms with Crippen molar-refractivity contribution in [2.24, 2.45) is 5.41 Å². The average molecular weight is 263 g/mol. The number of aryl methyl sites for hydroxylation is 1. The van der Waals surface area contributed by atoms with Crippen LogP contribution in [0.25, 0.3) is 0 Å². The van der Waals surface area contributed by atoms with E-state index in [4.69, 9.17) is 0 Å². The second-order valence-corrected chi connectivity index (χ2v) is 6.07. The van der Waals surface area contributed by atoms with Gasteiger partial charge in [0.2, 0.25) is 0 Å². The van der Waals surface area contributed by atoms with Gasteiger partial charge in [0.25, 0.3) is 0 Å². The van der Waals surface area contributed by atoms with E-state index < -0.39 is 0 Å². The number of nitrogens with zero attached hydrogens (tertiary/aromatic N) is 1. The van der Waals surface area contributed by atoms with Crippen molar-refractivity contribution in [3.05, 3.63) is 58.9 Å². The summed E-state index contributed by atoms with van der Waals surface area (Å²) in [5, 5.41) is 0. The molecule has 0 aliphatic carbocycles.